The molecule has 18 rings (SSSR count). The molecule has 0 aliphatic carbocycles. The number of nitrogens with zero attached hydrogens (tertiary/aromatic N) is 6. The standard InChI is InChI=1S/C78H48N6O/c1-3-25-49(26-4-1)61-47-51(48-62(79-61)50-27-5-2-6-28-50)72-74(81-63-38-16-7-29-52(63)53-30-8-17-39-64(53)81)76(83-67-42-20-11-33-56(67)57-34-12-21-43-68(57)83)73(78-80-60-37-15-24-46-71(60)85-78)77(84-69-44-22-13-35-58(69)59-36-14-23-45-70(59)84)75(72)82-65-40-18-9-31-54(65)55-32-10-19-41-66(55)82/h1-48H. The number of aromatic nitrogens is 6. The van der Waals surface area contributed by atoms with Crippen LogP contribution in [0, 0.1) is 0 Å². The van der Waals surface area contributed by atoms with E-state index in [1.807, 2.05) is 18.2 Å². The van der Waals surface area contributed by atoms with E-state index in [0.717, 1.165) is 155 Å². The van der Waals surface area contributed by atoms with Crippen molar-refractivity contribution in [1.82, 2.24) is 28.2 Å². The van der Waals surface area contributed by atoms with Crippen LogP contribution in [0.2, 0.25) is 0 Å². The van der Waals surface area contributed by atoms with Gasteiger partial charge in [0.15, 0.2) is 5.58 Å². The summed E-state index contributed by atoms with van der Waals surface area (Å²) in [5.41, 5.74) is 19.9. The van der Waals surface area contributed by atoms with Crippen molar-refractivity contribution in [3.63, 3.8) is 0 Å². The molecule has 6 aromatic heterocycles. The minimum absolute atomic E-state index is 0.482. The third-order valence-electron chi connectivity index (χ3n) is 17.4. The highest BCUT2D eigenvalue weighted by molar-refractivity contribution is 6.18. The summed E-state index contributed by atoms with van der Waals surface area (Å²) >= 11 is 0. The average molecular weight is 1090 g/mol. The van der Waals surface area contributed by atoms with Crippen LogP contribution < -0.4 is 0 Å². The molecule has 12 aromatic carbocycles. The van der Waals surface area contributed by atoms with Gasteiger partial charge in [-0.25, -0.2) is 9.97 Å². The summed E-state index contributed by atoms with van der Waals surface area (Å²) in [6.07, 6.45) is 0. The average Bonchev–Trinajstić information content (AvgIpc) is 1.69. The van der Waals surface area contributed by atoms with Crippen LogP contribution >= 0.6 is 0 Å². The van der Waals surface area contributed by atoms with E-state index in [2.05, 4.69) is 291 Å². The number of pyridine rings is 1. The summed E-state index contributed by atoms with van der Waals surface area (Å²) < 4.78 is 17.6. The molecule has 0 aliphatic heterocycles. The van der Waals surface area contributed by atoms with E-state index in [1.165, 1.54) is 0 Å². The van der Waals surface area contributed by atoms with Crippen LogP contribution in [0.3, 0.4) is 0 Å². The maximum absolute atomic E-state index is 7.51. The topological polar surface area (TPSA) is 58.6 Å². The monoisotopic (exact) mass is 1080 g/mol. The Morgan fingerprint density at radius 1 is 0.235 bits per heavy atom. The van der Waals surface area contributed by atoms with Crippen molar-refractivity contribution in [1.29, 1.82) is 0 Å². The van der Waals surface area contributed by atoms with Gasteiger partial charge in [-0.2, -0.15) is 0 Å². The highest BCUT2D eigenvalue weighted by Crippen LogP contribution is 2.55. The van der Waals surface area contributed by atoms with Gasteiger partial charge in [0.25, 0.3) is 0 Å². The Morgan fingerprint density at radius 2 is 0.506 bits per heavy atom. The molecular formula is C78H48N6O. The highest BCUT2D eigenvalue weighted by atomic mass is 16.3. The molecule has 0 atom stereocenters. The third-order valence-corrected chi connectivity index (χ3v) is 17.4. The van der Waals surface area contributed by atoms with E-state index in [4.69, 9.17) is 14.4 Å². The lowest BCUT2D eigenvalue weighted by molar-refractivity contribution is 0.619. The number of hydrogen-bond donors (Lipinski definition) is 0. The Labute approximate surface area is 487 Å². The van der Waals surface area contributed by atoms with Crippen LogP contribution in [0.5, 0.6) is 0 Å². The number of rotatable bonds is 8. The van der Waals surface area contributed by atoms with Gasteiger partial charge in [-0.3, -0.25) is 0 Å². The van der Waals surface area contributed by atoms with Gasteiger partial charge in [0.1, 0.15) is 5.52 Å². The molecule has 0 bridgehead atoms. The Morgan fingerprint density at radius 3 is 0.824 bits per heavy atom. The molecule has 396 valence electrons. The molecule has 0 spiro atoms. The summed E-state index contributed by atoms with van der Waals surface area (Å²) in [5.74, 6) is 0.482. The van der Waals surface area contributed by atoms with E-state index >= 15 is 0 Å². The van der Waals surface area contributed by atoms with Gasteiger partial charge < -0.3 is 22.7 Å². The molecule has 85 heavy (non-hydrogen) atoms. The minimum Gasteiger partial charge on any atom is -0.436 e. The van der Waals surface area contributed by atoms with Gasteiger partial charge in [0, 0.05) is 59.8 Å². The number of oxazole rings is 1. The lowest BCUT2D eigenvalue weighted by atomic mass is 9.91. The smallest absolute Gasteiger partial charge is 0.231 e. The minimum atomic E-state index is 0.482. The molecule has 0 amide bonds. The second kappa shape index (κ2) is 18.5. The quantitative estimate of drug-likeness (QED) is 0.152. The van der Waals surface area contributed by atoms with Crippen LogP contribution in [0.15, 0.2) is 296 Å². The predicted molar refractivity (Wildman–Crippen MR) is 351 cm³/mol. The molecule has 7 heteroatoms. The molecule has 0 N–H and O–H groups in total. The second-order valence-electron chi connectivity index (χ2n) is 22.0. The normalized spacial score (nSPS) is 12.0. The predicted octanol–water partition coefficient (Wildman–Crippen LogP) is 20.3. The van der Waals surface area contributed by atoms with Gasteiger partial charge >= 0.3 is 0 Å². The van der Waals surface area contributed by atoms with Crippen molar-refractivity contribution in [3.8, 4) is 67.8 Å². The van der Waals surface area contributed by atoms with Crippen molar-refractivity contribution < 1.29 is 4.42 Å². The van der Waals surface area contributed by atoms with Crippen molar-refractivity contribution in [2.75, 3.05) is 0 Å². The molecule has 0 saturated carbocycles. The Balaban J connectivity index is 1.23. The van der Waals surface area contributed by atoms with E-state index in [-0.39, 0.29) is 0 Å². The van der Waals surface area contributed by atoms with Gasteiger partial charge in [0.05, 0.1) is 83.8 Å². The van der Waals surface area contributed by atoms with E-state index in [9.17, 15) is 0 Å². The zero-order valence-electron chi connectivity index (χ0n) is 45.8. The molecule has 0 saturated heterocycles. The number of fused-ring (bicyclic) bond motifs is 13. The molecule has 0 fully saturated rings. The number of benzene rings is 12. The second-order valence-corrected chi connectivity index (χ2v) is 22.0. The molecular weight excluding hydrogens is 1040 g/mol. The summed E-state index contributed by atoms with van der Waals surface area (Å²) in [4.78, 5) is 11.4. The lowest BCUT2D eigenvalue weighted by Crippen LogP contribution is -2.16. The van der Waals surface area contributed by atoms with Crippen molar-refractivity contribution >= 4 is 98.3 Å². The fourth-order valence-corrected chi connectivity index (χ4v) is 13.9. The van der Waals surface area contributed by atoms with E-state index in [0.29, 0.717) is 11.5 Å². The summed E-state index contributed by atoms with van der Waals surface area (Å²) in [5, 5.41) is 9.05. The maximum atomic E-state index is 7.51. The third kappa shape index (κ3) is 6.95. The zero-order valence-corrected chi connectivity index (χ0v) is 45.8. The van der Waals surface area contributed by atoms with Crippen LogP contribution in [-0.4, -0.2) is 28.2 Å². The van der Waals surface area contributed by atoms with Crippen LogP contribution in [-0.2, 0) is 0 Å². The number of para-hydroxylation sites is 10. The SMILES string of the molecule is c1ccc(-c2cc(-c3c(-n4c5ccccc5c5ccccc54)c(-n4c5ccccc5c5ccccc54)c(-c4nc5ccccc5o4)c(-n4c5ccccc5c5ccccc54)c3-n3c4ccccc4c4ccccc43)cc(-c3ccccc3)n2)cc1. The van der Waals surface area contributed by atoms with Crippen molar-refractivity contribution in [2.45, 2.75) is 0 Å². The summed E-state index contributed by atoms with van der Waals surface area (Å²) in [6.45, 7) is 0. The van der Waals surface area contributed by atoms with Gasteiger partial charge in [0.2, 0.25) is 5.89 Å². The van der Waals surface area contributed by atoms with Gasteiger partial charge in [-0.05, 0) is 78.4 Å². The Hall–Kier alpha value is -11.5. The van der Waals surface area contributed by atoms with Gasteiger partial charge in [-0.1, -0.05) is 218 Å². The Bertz CT molecular complexity index is 5180. The van der Waals surface area contributed by atoms with Crippen molar-refractivity contribution in [3.05, 3.63) is 291 Å². The zero-order chi connectivity index (χ0) is 55.7. The molecule has 0 aliphatic rings. The first-order chi connectivity index (χ1) is 42.2. The van der Waals surface area contributed by atoms with Crippen LogP contribution in [0.25, 0.3) is 166 Å². The molecule has 0 radical (unpaired) electrons. The molecule has 6 heterocycles. The summed E-state index contributed by atoms with van der Waals surface area (Å²) in [6, 6.07) is 105. The highest BCUT2D eigenvalue weighted by Gasteiger charge is 2.37. The van der Waals surface area contributed by atoms with E-state index in [1.54, 1.807) is 0 Å². The lowest BCUT2D eigenvalue weighted by Gasteiger charge is -2.30. The van der Waals surface area contributed by atoms with Crippen LogP contribution in [0.4, 0.5) is 0 Å². The molecule has 18 aromatic rings. The maximum Gasteiger partial charge on any atom is 0.231 e. The summed E-state index contributed by atoms with van der Waals surface area (Å²) in [7, 11) is 0. The first-order valence-electron chi connectivity index (χ1n) is 28.9. The van der Waals surface area contributed by atoms with Gasteiger partial charge in [-0.15, -0.1) is 0 Å². The van der Waals surface area contributed by atoms with Crippen molar-refractivity contribution in [2.24, 2.45) is 0 Å². The fraction of sp³-hybridized carbons (Fsp3) is 0. The van der Waals surface area contributed by atoms with E-state index < -0.39 is 0 Å². The Kier molecular flexibility index (Phi) is 10.3. The fourth-order valence-electron chi connectivity index (χ4n) is 13.9. The largest absolute Gasteiger partial charge is 0.436 e. The first kappa shape index (κ1) is 47.1. The van der Waals surface area contributed by atoms with Crippen LogP contribution in [0.1, 0.15) is 0 Å². The molecule has 0 unspecified atom stereocenters. The molecule has 7 nitrogen and oxygen atoms in total. The first-order valence-corrected chi connectivity index (χ1v) is 28.9. The number of hydrogen-bond acceptors (Lipinski definition) is 3.